The first-order valence-electron chi connectivity index (χ1n) is 13.5. The van der Waals surface area contributed by atoms with Crippen LogP contribution in [0.25, 0.3) is 5.65 Å². The van der Waals surface area contributed by atoms with E-state index in [0.29, 0.717) is 71.9 Å². The highest BCUT2D eigenvalue weighted by atomic mass is 35.5. The summed E-state index contributed by atoms with van der Waals surface area (Å²) < 4.78 is 72.8. The first kappa shape index (κ1) is 32.3. The Bertz CT molecular complexity index is 1630. The van der Waals surface area contributed by atoms with Gasteiger partial charge in [-0.2, -0.15) is 0 Å². The van der Waals surface area contributed by atoms with Crippen molar-refractivity contribution >= 4 is 46.8 Å². The molecule has 3 heterocycles. The van der Waals surface area contributed by atoms with Gasteiger partial charge in [-0.3, -0.25) is 9.20 Å². The number of aryl methyl sites for hydroxylation is 2. The molecular formula is C30H29Cl2F5N4O2. The molecular weight excluding hydrogens is 614 g/mol. The Morgan fingerprint density at radius 3 is 2.42 bits per heavy atom. The quantitative estimate of drug-likeness (QED) is 0.146. The number of alkyl halides is 3. The van der Waals surface area contributed by atoms with Crippen LogP contribution in [0, 0.1) is 11.6 Å². The molecule has 0 radical (unpaired) electrons. The summed E-state index contributed by atoms with van der Waals surface area (Å²) in [6.07, 6.45) is -2.16. The Morgan fingerprint density at radius 1 is 1.05 bits per heavy atom. The third-order valence-corrected chi connectivity index (χ3v) is 7.56. The third-order valence-electron chi connectivity index (χ3n) is 7.34. The summed E-state index contributed by atoms with van der Waals surface area (Å²) in [5, 5.41) is 0.489. The van der Waals surface area contributed by atoms with E-state index in [4.69, 9.17) is 11.6 Å². The summed E-state index contributed by atoms with van der Waals surface area (Å²) in [7, 11) is 0. The molecule has 13 heteroatoms. The second kappa shape index (κ2) is 13.0. The number of fused-ring (bicyclic) bond motifs is 1. The molecule has 1 saturated heterocycles. The van der Waals surface area contributed by atoms with Crippen LogP contribution in [0.2, 0.25) is 5.02 Å². The third kappa shape index (κ3) is 7.15. The summed E-state index contributed by atoms with van der Waals surface area (Å²) in [5.41, 5.74) is 3.01. The lowest BCUT2D eigenvalue weighted by molar-refractivity contribution is -0.274. The van der Waals surface area contributed by atoms with Crippen LogP contribution in [-0.4, -0.2) is 47.2 Å². The number of hydrogen-bond acceptors (Lipinski definition) is 5. The van der Waals surface area contributed by atoms with Crippen molar-refractivity contribution in [3.8, 4) is 5.75 Å². The number of carbonyl (C=O) groups excluding carboxylic acids is 1. The van der Waals surface area contributed by atoms with Crippen LogP contribution in [0.4, 0.5) is 33.3 Å². The number of ketones is 1. The fraction of sp³-hybridized carbons (Fsp3) is 0.333. The van der Waals surface area contributed by atoms with Crippen LogP contribution in [0.5, 0.6) is 5.75 Å². The van der Waals surface area contributed by atoms with E-state index in [9.17, 15) is 22.4 Å². The number of Topliss-reactive ketones (excluding diaryl/α,β-unsaturated/α-hetero) is 1. The molecule has 0 amide bonds. The molecule has 43 heavy (non-hydrogen) atoms. The number of nitrogens with zero attached hydrogens (tertiary/aromatic N) is 4. The molecule has 1 fully saturated rings. The summed E-state index contributed by atoms with van der Waals surface area (Å²) in [6, 6.07) is 11.1. The minimum Gasteiger partial charge on any atom is -0.406 e. The van der Waals surface area contributed by atoms with Gasteiger partial charge < -0.3 is 14.5 Å². The molecule has 1 aliphatic rings. The predicted octanol–water partition coefficient (Wildman–Crippen LogP) is 7.68. The number of piperazine rings is 1. The van der Waals surface area contributed by atoms with Crippen LogP contribution in [0.3, 0.4) is 0 Å². The predicted molar refractivity (Wildman–Crippen MR) is 158 cm³/mol. The van der Waals surface area contributed by atoms with Gasteiger partial charge in [-0.1, -0.05) is 24.6 Å². The molecule has 0 bridgehead atoms. The fourth-order valence-electron chi connectivity index (χ4n) is 5.40. The van der Waals surface area contributed by atoms with Crippen LogP contribution >= 0.6 is 24.0 Å². The second-order valence-corrected chi connectivity index (χ2v) is 10.6. The molecule has 0 spiro atoms. The van der Waals surface area contributed by atoms with Gasteiger partial charge in [0, 0.05) is 44.4 Å². The van der Waals surface area contributed by atoms with Crippen LogP contribution in [0.1, 0.15) is 42.0 Å². The van der Waals surface area contributed by atoms with Crippen molar-refractivity contribution in [1.29, 1.82) is 0 Å². The number of carbonyl (C=O) groups is 1. The average molecular weight is 643 g/mol. The molecule has 5 rings (SSSR count). The highest BCUT2D eigenvalue weighted by Gasteiger charge is 2.32. The smallest absolute Gasteiger partial charge is 0.406 e. The number of hydrogen-bond donors (Lipinski definition) is 0. The number of ether oxygens (including phenoxy) is 1. The largest absolute Gasteiger partial charge is 0.573 e. The normalized spacial score (nSPS) is 15.5. The molecule has 1 atom stereocenters. The molecule has 0 N–H and O–H groups in total. The van der Waals surface area contributed by atoms with Gasteiger partial charge in [0.05, 0.1) is 22.1 Å². The van der Waals surface area contributed by atoms with Gasteiger partial charge >= 0.3 is 6.36 Å². The van der Waals surface area contributed by atoms with Crippen molar-refractivity contribution in [3.05, 3.63) is 88.3 Å². The Balaban J connectivity index is 0.00000423. The maximum Gasteiger partial charge on any atom is 0.573 e. The van der Waals surface area contributed by atoms with Crippen molar-refractivity contribution in [3.63, 3.8) is 0 Å². The number of rotatable bonds is 8. The minimum absolute atomic E-state index is 0. The number of anilines is 2. The first-order chi connectivity index (χ1) is 19.9. The lowest BCUT2D eigenvalue weighted by Gasteiger charge is -2.42. The zero-order chi connectivity index (χ0) is 30.2. The fourth-order valence-corrected chi connectivity index (χ4v) is 5.56. The molecule has 230 valence electrons. The molecule has 2 aromatic heterocycles. The van der Waals surface area contributed by atoms with Crippen molar-refractivity contribution < 1.29 is 31.5 Å². The van der Waals surface area contributed by atoms with E-state index in [-0.39, 0.29) is 36.3 Å². The molecule has 4 aromatic rings. The van der Waals surface area contributed by atoms with Crippen molar-refractivity contribution in [2.45, 2.75) is 45.5 Å². The molecule has 6 nitrogen and oxygen atoms in total. The second-order valence-electron chi connectivity index (χ2n) is 10.2. The van der Waals surface area contributed by atoms with Gasteiger partial charge in [0.25, 0.3) is 0 Å². The maximum absolute atomic E-state index is 15.3. The minimum atomic E-state index is -4.91. The van der Waals surface area contributed by atoms with Crippen LogP contribution < -0.4 is 14.5 Å². The van der Waals surface area contributed by atoms with Gasteiger partial charge in [0.1, 0.15) is 28.7 Å². The zero-order valence-electron chi connectivity index (χ0n) is 23.3. The average Bonchev–Trinajstić information content (AvgIpc) is 3.29. The Kier molecular flexibility index (Phi) is 9.76. The monoisotopic (exact) mass is 642 g/mol. The first-order valence-corrected chi connectivity index (χ1v) is 13.9. The zero-order valence-corrected chi connectivity index (χ0v) is 24.9. The van der Waals surface area contributed by atoms with Gasteiger partial charge in [0.2, 0.25) is 0 Å². The number of benzene rings is 2. The maximum atomic E-state index is 15.3. The molecule has 1 aliphatic heterocycles. The Labute approximate surface area is 256 Å². The van der Waals surface area contributed by atoms with Crippen molar-refractivity contribution in [2.24, 2.45) is 0 Å². The van der Waals surface area contributed by atoms with E-state index in [1.165, 1.54) is 12.1 Å². The van der Waals surface area contributed by atoms with Crippen molar-refractivity contribution in [2.75, 3.05) is 29.4 Å². The number of halogens is 7. The van der Waals surface area contributed by atoms with E-state index in [1.54, 1.807) is 39.8 Å². The molecule has 2 aromatic carbocycles. The van der Waals surface area contributed by atoms with Gasteiger partial charge in [-0.25, -0.2) is 13.8 Å². The number of imidazole rings is 1. The van der Waals surface area contributed by atoms with E-state index in [1.807, 2.05) is 18.7 Å². The van der Waals surface area contributed by atoms with Crippen LogP contribution in [0.15, 0.2) is 54.7 Å². The van der Waals surface area contributed by atoms with Gasteiger partial charge in [0.15, 0.2) is 5.78 Å². The summed E-state index contributed by atoms with van der Waals surface area (Å²) >= 11 is 6.13. The molecule has 0 aliphatic carbocycles. The lowest BCUT2D eigenvalue weighted by Crippen LogP contribution is -2.52. The topological polar surface area (TPSA) is 50.1 Å². The molecule has 0 saturated carbocycles. The van der Waals surface area contributed by atoms with Crippen LogP contribution in [-0.2, 0) is 12.8 Å². The van der Waals surface area contributed by atoms with E-state index in [0.717, 1.165) is 6.07 Å². The number of pyridine rings is 1. The van der Waals surface area contributed by atoms with Gasteiger partial charge in [-0.15, -0.1) is 25.6 Å². The highest BCUT2D eigenvalue weighted by Crippen LogP contribution is 2.32. The van der Waals surface area contributed by atoms with Crippen molar-refractivity contribution in [1.82, 2.24) is 9.38 Å². The van der Waals surface area contributed by atoms with E-state index < -0.39 is 23.7 Å². The SMILES string of the molecule is CCc1nc2ccc(Cl)cn2c1C(=O)CCc1ccc(N2CCN(c3ccc(OC(F)(F)F)cc3F)[C@@H](C)C2)c(F)c1.Cl. The Morgan fingerprint density at radius 2 is 1.77 bits per heavy atom. The summed E-state index contributed by atoms with van der Waals surface area (Å²) in [6.45, 7) is 4.83. The standard InChI is InChI=1S/C30H28ClF5N4O2.ClH/c1-3-24-29(40-17-20(31)6-11-28(40)37-24)27(41)10-5-19-4-8-25(22(32)14-19)38-12-13-39(18(2)16-38)26-9-7-21(15-23(26)33)42-30(34,35)36;/h4,6-9,11,14-15,17-18H,3,5,10,12-13,16H2,1-2H3;1H/t18-;/m0./s1. The summed E-state index contributed by atoms with van der Waals surface area (Å²) in [4.78, 5) is 21.3. The Hall–Kier alpha value is -3.57. The summed E-state index contributed by atoms with van der Waals surface area (Å²) in [5.74, 6) is -2.01. The van der Waals surface area contributed by atoms with E-state index in [2.05, 4.69) is 9.72 Å². The number of aromatic nitrogens is 2. The lowest BCUT2D eigenvalue weighted by atomic mass is 10.0. The molecule has 0 unspecified atom stereocenters. The van der Waals surface area contributed by atoms with E-state index >= 15 is 4.39 Å². The highest BCUT2D eigenvalue weighted by molar-refractivity contribution is 6.30. The van der Waals surface area contributed by atoms with Gasteiger partial charge in [-0.05, 0) is 61.7 Å².